The first kappa shape index (κ1) is 14.5. The number of carbonyl (C=O) groups excluding carboxylic acids is 1. The van der Waals surface area contributed by atoms with Gasteiger partial charge < -0.3 is 5.32 Å². The van der Waals surface area contributed by atoms with Gasteiger partial charge in [0, 0.05) is 17.2 Å². The number of amides is 1. The molecule has 1 heterocycles. The maximum Gasteiger partial charge on any atom is 0.254 e. The van der Waals surface area contributed by atoms with Crippen LogP contribution in [-0.4, -0.2) is 10.9 Å². The fourth-order valence-corrected chi connectivity index (χ4v) is 1.93. The minimum atomic E-state index is -1.34. The predicted octanol–water partition coefficient (Wildman–Crippen LogP) is 3.19. The number of aromatic nitrogens is 1. The molecule has 3 nitrogen and oxygen atoms in total. The molecule has 0 unspecified atom stereocenters. The number of halogens is 4. The fourth-order valence-electron chi connectivity index (χ4n) is 1.54. The third-order valence-corrected chi connectivity index (χ3v) is 3.31. The van der Waals surface area contributed by atoms with Crippen LogP contribution in [0.3, 0.4) is 0 Å². The van der Waals surface area contributed by atoms with Crippen LogP contribution in [0.1, 0.15) is 15.9 Å². The van der Waals surface area contributed by atoms with Crippen molar-refractivity contribution in [3.8, 4) is 0 Å². The monoisotopic (exact) mass is 344 g/mol. The van der Waals surface area contributed by atoms with Gasteiger partial charge in [-0.25, -0.2) is 13.8 Å². The maximum absolute atomic E-state index is 13.4. The fraction of sp³-hybridized carbons (Fsp3) is 0.0769. The molecule has 0 spiro atoms. The van der Waals surface area contributed by atoms with E-state index in [0.29, 0.717) is 10.0 Å². The third-order valence-electron chi connectivity index (χ3n) is 2.54. The topological polar surface area (TPSA) is 42.0 Å². The highest BCUT2D eigenvalue weighted by Crippen LogP contribution is 2.18. The maximum atomic E-state index is 13.4. The van der Waals surface area contributed by atoms with Gasteiger partial charge in [0.2, 0.25) is 5.95 Å². The number of hydrogen-bond acceptors (Lipinski definition) is 2. The molecule has 0 aliphatic heterocycles. The molecule has 0 atom stereocenters. The van der Waals surface area contributed by atoms with Gasteiger partial charge in [-0.2, -0.15) is 4.39 Å². The van der Waals surface area contributed by atoms with E-state index in [2.05, 4.69) is 26.2 Å². The molecule has 7 heteroatoms. The molecular formula is C13H8BrF3N2O. The zero-order chi connectivity index (χ0) is 14.7. The lowest BCUT2D eigenvalue weighted by Crippen LogP contribution is -2.24. The van der Waals surface area contributed by atoms with Crippen LogP contribution in [0.5, 0.6) is 0 Å². The SMILES string of the molecule is O=C(NCc1cc(F)ccc1Br)c1ccnc(F)c1F. The average molecular weight is 345 g/mol. The van der Waals surface area contributed by atoms with Gasteiger partial charge in [-0.15, -0.1) is 0 Å². The highest BCUT2D eigenvalue weighted by atomic mass is 79.9. The van der Waals surface area contributed by atoms with Crippen molar-refractivity contribution >= 4 is 21.8 Å². The second-order valence-electron chi connectivity index (χ2n) is 3.88. The zero-order valence-electron chi connectivity index (χ0n) is 9.96. The van der Waals surface area contributed by atoms with Gasteiger partial charge in [-0.05, 0) is 29.8 Å². The van der Waals surface area contributed by atoms with Crippen molar-refractivity contribution in [2.75, 3.05) is 0 Å². The van der Waals surface area contributed by atoms with Crippen LogP contribution in [-0.2, 0) is 6.54 Å². The summed E-state index contributed by atoms with van der Waals surface area (Å²) in [5.41, 5.74) is 0.0262. The second kappa shape index (κ2) is 6.04. The van der Waals surface area contributed by atoms with Gasteiger partial charge in [0.1, 0.15) is 5.82 Å². The molecule has 1 aromatic heterocycles. The Balaban J connectivity index is 2.13. The molecule has 20 heavy (non-hydrogen) atoms. The third kappa shape index (κ3) is 3.16. The van der Waals surface area contributed by atoms with Gasteiger partial charge in [0.25, 0.3) is 5.91 Å². The summed E-state index contributed by atoms with van der Waals surface area (Å²) < 4.78 is 39.9. The first-order valence-corrected chi connectivity index (χ1v) is 6.30. The number of benzene rings is 1. The zero-order valence-corrected chi connectivity index (χ0v) is 11.5. The molecule has 2 aromatic rings. The Morgan fingerprint density at radius 1 is 1.25 bits per heavy atom. The van der Waals surface area contributed by atoms with Crippen molar-refractivity contribution in [2.24, 2.45) is 0 Å². The Labute approximate surface area is 121 Å². The molecule has 104 valence electrons. The van der Waals surface area contributed by atoms with E-state index >= 15 is 0 Å². The number of hydrogen-bond donors (Lipinski definition) is 1. The minimum absolute atomic E-state index is 0.0272. The largest absolute Gasteiger partial charge is 0.348 e. The summed E-state index contributed by atoms with van der Waals surface area (Å²) >= 11 is 3.20. The Morgan fingerprint density at radius 2 is 2.00 bits per heavy atom. The average Bonchev–Trinajstić information content (AvgIpc) is 2.42. The second-order valence-corrected chi connectivity index (χ2v) is 4.74. The number of nitrogens with zero attached hydrogens (tertiary/aromatic N) is 1. The summed E-state index contributed by atoms with van der Waals surface area (Å²) in [5.74, 6) is -3.92. The normalized spacial score (nSPS) is 10.4. The Hall–Kier alpha value is -1.89. The Bertz CT molecular complexity index is 664. The van der Waals surface area contributed by atoms with E-state index in [9.17, 15) is 18.0 Å². The van der Waals surface area contributed by atoms with Crippen molar-refractivity contribution in [1.82, 2.24) is 10.3 Å². The van der Waals surface area contributed by atoms with Crippen LogP contribution in [0.25, 0.3) is 0 Å². The number of rotatable bonds is 3. The summed E-state index contributed by atoms with van der Waals surface area (Å²) in [5, 5.41) is 2.38. The molecule has 2 rings (SSSR count). The lowest BCUT2D eigenvalue weighted by Gasteiger charge is -2.08. The molecule has 0 aliphatic carbocycles. The van der Waals surface area contributed by atoms with E-state index in [1.807, 2.05) is 0 Å². The summed E-state index contributed by atoms with van der Waals surface area (Å²) in [6, 6.07) is 5.04. The molecule has 1 amide bonds. The quantitative estimate of drug-likeness (QED) is 0.869. The summed E-state index contributed by atoms with van der Waals surface area (Å²) in [6.45, 7) is -0.0272. The highest BCUT2D eigenvalue weighted by molar-refractivity contribution is 9.10. The van der Waals surface area contributed by atoms with Crippen LogP contribution in [0.15, 0.2) is 34.9 Å². The van der Waals surface area contributed by atoms with Crippen LogP contribution < -0.4 is 5.32 Å². The summed E-state index contributed by atoms with van der Waals surface area (Å²) in [4.78, 5) is 14.8. The molecule has 0 saturated heterocycles. The van der Waals surface area contributed by atoms with Crippen molar-refractivity contribution in [3.63, 3.8) is 0 Å². The van der Waals surface area contributed by atoms with Crippen LogP contribution in [0.2, 0.25) is 0 Å². The van der Waals surface area contributed by atoms with Gasteiger partial charge in [-0.1, -0.05) is 15.9 Å². The lowest BCUT2D eigenvalue weighted by molar-refractivity contribution is 0.0945. The number of nitrogens with one attached hydrogen (secondary N) is 1. The highest BCUT2D eigenvalue weighted by Gasteiger charge is 2.16. The first-order valence-electron chi connectivity index (χ1n) is 5.51. The molecule has 0 bridgehead atoms. The number of pyridine rings is 1. The Kier molecular flexibility index (Phi) is 4.39. The van der Waals surface area contributed by atoms with E-state index in [-0.39, 0.29) is 6.54 Å². The van der Waals surface area contributed by atoms with E-state index in [4.69, 9.17) is 0 Å². The molecule has 0 radical (unpaired) electrons. The van der Waals surface area contributed by atoms with Gasteiger partial charge in [-0.3, -0.25) is 4.79 Å². The van der Waals surface area contributed by atoms with Crippen molar-refractivity contribution < 1.29 is 18.0 Å². The molecule has 1 aromatic carbocycles. The molecule has 0 fully saturated rings. The molecule has 1 N–H and O–H groups in total. The standard InChI is InChI=1S/C13H8BrF3N2O/c14-10-2-1-8(15)5-7(10)6-19-13(20)9-3-4-18-12(17)11(9)16/h1-5H,6H2,(H,19,20). The van der Waals surface area contributed by atoms with Crippen molar-refractivity contribution in [2.45, 2.75) is 6.54 Å². The van der Waals surface area contributed by atoms with Crippen molar-refractivity contribution in [3.05, 3.63) is 63.6 Å². The first-order chi connectivity index (χ1) is 9.49. The van der Waals surface area contributed by atoms with Gasteiger partial charge >= 0.3 is 0 Å². The van der Waals surface area contributed by atoms with Crippen LogP contribution in [0, 0.1) is 17.6 Å². The van der Waals surface area contributed by atoms with Crippen LogP contribution >= 0.6 is 15.9 Å². The summed E-state index contributed by atoms with van der Waals surface area (Å²) in [7, 11) is 0. The van der Waals surface area contributed by atoms with E-state index < -0.39 is 29.1 Å². The smallest absolute Gasteiger partial charge is 0.254 e. The molecule has 0 aliphatic rings. The van der Waals surface area contributed by atoms with Gasteiger partial charge in [0.15, 0.2) is 5.82 Å². The van der Waals surface area contributed by atoms with Crippen molar-refractivity contribution in [1.29, 1.82) is 0 Å². The van der Waals surface area contributed by atoms with Crippen LogP contribution in [0.4, 0.5) is 13.2 Å². The van der Waals surface area contributed by atoms with E-state index in [1.54, 1.807) is 0 Å². The lowest BCUT2D eigenvalue weighted by atomic mass is 10.2. The molecule has 0 saturated carbocycles. The predicted molar refractivity (Wildman–Crippen MR) is 69.4 cm³/mol. The Morgan fingerprint density at radius 3 is 2.75 bits per heavy atom. The van der Waals surface area contributed by atoms with Gasteiger partial charge in [0.05, 0.1) is 5.56 Å². The number of carbonyl (C=O) groups is 1. The molecular weight excluding hydrogens is 337 g/mol. The van der Waals surface area contributed by atoms with E-state index in [1.165, 1.54) is 18.2 Å². The van der Waals surface area contributed by atoms with E-state index in [0.717, 1.165) is 12.3 Å². The summed E-state index contributed by atoms with van der Waals surface area (Å²) in [6.07, 6.45) is 0.991. The minimum Gasteiger partial charge on any atom is -0.348 e.